The van der Waals surface area contributed by atoms with Crippen molar-refractivity contribution in [3.8, 4) is 0 Å². The molecule has 3 aromatic rings. The van der Waals surface area contributed by atoms with E-state index >= 15 is 0 Å². The summed E-state index contributed by atoms with van der Waals surface area (Å²) in [5, 5.41) is 34.3. The zero-order valence-electron chi connectivity index (χ0n) is 56.4. The number of aldehydes is 2. The SMILES string of the molecule is CC.CC.CC.CC(C)(NC(=O)OC(CCNCCNC=O)c1ccc(NC(=O)CNC=O)cc1)C(N)=O.CC(C)NC(=O)CCN(C)C.CCc1c(/C(C)=C/C2=C(C(=O)C(C)C)COC(=O)C2O)nc2cc(F)c(C)c3c2c1CCC3.O=C/C=C\C=O.O=CO. The monoisotopic (exact) mass is 1280 g/mol. The van der Waals surface area contributed by atoms with Gasteiger partial charge in [0.05, 0.1) is 17.8 Å². The number of carbonyl (C=O) groups is 11. The minimum atomic E-state index is -1.53. The number of ketones is 1. The number of halogens is 1. The first-order valence-electron chi connectivity index (χ1n) is 30.4. The Morgan fingerprint density at radius 1 is 0.879 bits per heavy atom. The van der Waals surface area contributed by atoms with Crippen LogP contribution in [0.4, 0.5) is 14.9 Å². The number of nitrogens with two attached hydrogens (primary N) is 1. The second-order valence-corrected chi connectivity index (χ2v) is 20.6. The van der Waals surface area contributed by atoms with Gasteiger partial charge in [-0.1, -0.05) is 80.5 Å². The number of amides is 6. The molecule has 0 saturated heterocycles. The Labute approximate surface area is 536 Å². The van der Waals surface area contributed by atoms with Crippen LogP contribution in [-0.4, -0.2) is 159 Å². The molecular weight excluding hydrogens is 1180 g/mol. The molecule has 0 radical (unpaired) electrons. The van der Waals surface area contributed by atoms with Crippen molar-refractivity contribution in [1.82, 2.24) is 36.5 Å². The summed E-state index contributed by atoms with van der Waals surface area (Å²) in [6.07, 6.45) is 7.51. The number of aliphatic hydroxyl groups is 1. The van der Waals surface area contributed by atoms with E-state index in [1.165, 1.54) is 25.5 Å². The van der Waals surface area contributed by atoms with Crippen LogP contribution in [0, 0.1) is 18.7 Å². The summed E-state index contributed by atoms with van der Waals surface area (Å²) in [6, 6.07) is 8.40. The predicted molar refractivity (Wildman–Crippen MR) is 352 cm³/mol. The van der Waals surface area contributed by atoms with Gasteiger partial charge in [0.2, 0.25) is 30.5 Å². The van der Waals surface area contributed by atoms with E-state index in [4.69, 9.17) is 30.1 Å². The second-order valence-electron chi connectivity index (χ2n) is 20.6. The van der Waals surface area contributed by atoms with Crippen molar-refractivity contribution >= 4 is 89.6 Å². The lowest BCUT2D eigenvalue weighted by atomic mass is 9.83. The number of nitrogens with one attached hydrogen (secondary N) is 6. The first-order chi connectivity index (χ1) is 43.2. The Balaban J connectivity index is -0.00000123. The van der Waals surface area contributed by atoms with Crippen molar-refractivity contribution in [2.75, 3.05) is 58.7 Å². The predicted octanol–water partition coefficient (Wildman–Crippen LogP) is 6.89. The van der Waals surface area contributed by atoms with Crippen molar-refractivity contribution in [2.45, 2.75) is 166 Å². The number of carboxylic acid groups (broad SMARTS) is 1. The van der Waals surface area contributed by atoms with Gasteiger partial charge in [0.15, 0.2) is 11.9 Å². The van der Waals surface area contributed by atoms with Crippen LogP contribution in [0.3, 0.4) is 0 Å². The van der Waals surface area contributed by atoms with Crippen molar-refractivity contribution in [3.63, 3.8) is 0 Å². The lowest BCUT2D eigenvalue weighted by molar-refractivity contribution is -0.152. The molecule has 24 nitrogen and oxygen atoms in total. The number of primary amides is 1. The maximum absolute atomic E-state index is 14.7. The van der Waals surface area contributed by atoms with Gasteiger partial charge >= 0.3 is 12.1 Å². The Bertz CT molecular complexity index is 2860. The van der Waals surface area contributed by atoms with E-state index in [-0.39, 0.29) is 60.6 Å². The summed E-state index contributed by atoms with van der Waals surface area (Å²) >= 11 is 0. The van der Waals surface area contributed by atoms with Gasteiger partial charge in [0.25, 0.3) is 6.47 Å². The smallest absolute Gasteiger partial charge is 0.408 e. The molecule has 508 valence electrons. The molecule has 25 heteroatoms. The van der Waals surface area contributed by atoms with E-state index in [1.54, 1.807) is 44.2 Å². The topological polar surface area (TPSA) is 361 Å². The van der Waals surface area contributed by atoms with E-state index in [0.29, 0.717) is 91.5 Å². The van der Waals surface area contributed by atoms with Gasteiger partial charge in [-0.05, 0) is 146 Å². The lowest BCUT2D eigenvalue weighted by Crippen LogP contribution is -2.53. The number of anilines is 1. The van der Waals surface area contributed by atoms with Gasteiger partial charge in [-0.3, -0.25) is 43.2 Å². The summed E-state index contributed by atoms with van der Waals surface area (Å²) in [5.74, 6) is -2.46. The number of nitrogens with zero attached hydrogens (tertiary/aromatic N) is 2. The molecule has 1 aliphatic heterocycles. The van der Waals surface area contributed by atoms with E-state index < -0.39 is 35.7 Å². The summed E-state index contributed by atoms with van der Waals surface area (Å²) in [4.78, 5) is 126. The third-order valence-corrected chi connectivity index (χ3v) is 12.6. The number of alkyl carbamates (subject to hydrolysis) is 1. The van der Waals surface area contributed by atoms with Crippen LogP contribution in [0.5, 0.6) is 0 Å². The Kier molecular flexibility index (Phi) is 46.9. The Morgan fingerprint density at radius 2 is 1.45 bits per heavy atom. The van der Waals surface area contributed by atoms with Gasteiger partial charge in [-0.15, -0.1) is 0 Å². The van der Waals surface area contributed by atoms with E-state index in [9.17, 15) is 57.4 Å². The van der Waals surface area contributed by atoms with E-state index in [0.717, 1.165) is 66.5 Å². The van der Waals surface area contributed by atoms with E-state index in [1.807, 2.05) is 88.2 Å². The molecule has 2 aromatic carbocycles. The first kappa shape index (κ1) is 86.7. The van der Waals surface area contributed by atoms with Crippen molar-refractivity contribution in [2.24, 2.45) is 11.7 Å². The quantitative estimate of drug-likeness (QED) is 0.0171. The number of aliphatic hydroxyl groups excluding tert-OH is 1. The number of aromatic nitrogens is 1. The largest absolute Gasteiger partial charge is 0.483 e. The number of rotatable bonds is 26. The summed E-state index contributed by atoms with van der Waals surface area (Å²) in [7, 11) is 3.92. The molecule has 2 heterocycles. The lowest BCUT2D eigenvalue weighted by Gasteiger charge is -2.25. The van der Waals surface area contributed by atoms with Gasteiger partial charge in [0, 0.05) is 72.7 Å². The third kappa shape index (κ3) is 32.7. The molecule has 2 unspecified atom stereocenters. The highest BCUT2D eigenvalue weighted by Crippen LogP contribution is 2.38. The number of benzene rings is 2. The summed E-state index contributed by atoms with van der Waals surface area (Å²) < 4.78 is 25.2. The molecule has 91 heavy (non-hydrogen) atoms. The number of pyridine rings is 1. The maximum atomic E-state index is 14.7. The van der Waals surface area contributed by atoms with Crippen LogP contribution in [0.2, 0.25) is 0 Å². The number of carbonyl (C=O) groups excluding carboxylic acids is 10. The average Bonchev–Trinajstić information content (AvgIpc) is 0.751. The van der Waals surface area contributed by atoms with Gasteiger partial charge in [0.1, 0.15) is 36.6 Å². The molecule has 0 bridgehead atoms. The molecule has 2 aliphatic rings. The number of hydrogen-bond donors (Lipinski definition) is 9. The third-order valence-electron chi connectivity index (χ3n) is 12.6. The molecule has 5 rings (SSSR count). The number of allylic oxidation sites excluding steroid dienone is 3. The van der Waals surface area contributed by atoms with Crippen LogP contribution in [-0.2, 0) is 76.7 Å². The zero-order chi connectivity index (χ0) is 70.4. The fourth-order valence-electron chi connectivity index (χ4n) is 8.34. The molecule has 0 saturated carbocycles. The van der Waals surface area contributed by atoms with Crippen molar-refractivity contribution < 1.29 is 76.8 Å². The Hall–Kier alpha value is -8.55. The Morgan fingerprint density at radius 3 is 1.96 bits per heavy atom. The first-order valence-corrected chi connectivity index (χ1v) is 30.4. The van der Waals surface area contributed by atoms with Crippen molar-refractivity contribution in [3.05, 3.63) is 99.0 Å². The molecular formula is C66H102FN9O15. The fourth-order valence-corrected chi connectivity index (χ4v) is 8.34. The minimum Gasteiger partial charge on any atom is -0.483 e. The average molecular weight is 1280 g/mol. The second kappa shape index (κ2) is 49.3. The number of ether oxygens (including phenoxy) is 2. The number of cyclic esters (lactones) is 1. The van der Waals surface area contributed by atoms with Crippen LogP contribution >= 0.6 is 0 Å². The van der Waals surface area contributed by atoms with Gasteiger partial charge in [-0.25, -0.2) is 19.0 Å². The highest BCUT2D eigenvalue weighted by atomic mass is 19.1. The highest BCUT2D eigenvalue weighted by molar-refractivity contribution is 6.02. The molecule has 0 fully saturated rings. The normalized spacial score (nSPS) is 13.1. The van der Waals surface area contributed by atoms with Gasteiger partial charge < -0.3 is 62.2 Å². The number of aryl methyl sites for hydroxylation is 2. The summed E-state index contributed by atoms with van der Waals surface area (Å²) in [6.45, 7) is 29.9. The molecule has 10 N–H and O–H groups in total. The summed E-state index contributed by atoms with van der Waals surface area (Å²) in [5.41, 5.74) is 11.8. The number of hydrogen-bond acceptors (Lipinski definition) is 17. The van der Waals surface area contributed by atoms with Crippen LogP contribution in [0.1, 0.15) is 156 Å². The zero-order valence-corrected chi connectivity index (χ0v) is 56.4. The maximum Gasteiger partial charge on any atom is 0.408 e. The van der Waals surface area contributed by atoms with E-state index in [2.05, 4.69) is 38.8 Å². The van der Waals surface area contributed by atoms with Crippen LogP contribution < -0.4 is 37.6 Å². The van der Waals surface area contributed by atoms with Gasteiger partial charge in [-0.2, -0.15) is 0 Å². The van der Waals surface area contributed by atoms with Crippen LogP contribution in [0.25, 0.3) is 16.5 Å². The highest BCUT2D eigenvalue weighted by Gasteiger charge is 2.34. The molecule has 0 spiro atoms. The molecule has 1 aliphatic carbocycles. The van der Waals surface area contributed by atoms with Crippen molar-refractivity contribution in [1.29, 1.82) is 0 Å². The molecule has 2 atom stereocenters. The minimum absolute atomic E-state index is 0.133. The fraction of sp³-hybridized carbons (Fsp3) is 0.515. The van der Waals surface area contributed by atoms with Crippen LogP contribution in [0.15, 0.2) is 59.7 Å². The molecule has 6 amide bonds. The number of Topliss-reactive ketones (excluding diaryl/α,β-unsaturated/α-hetero) is 1. The number of esters is 1. The standard InChI is InChI=1S/C27H30FNO4.C20H30N6O6.C8H18N2O.C4H4O2.3C2H6.CH2O2/c1-6-16-18-9-7-8-17-15(5)21(28)11-22(23(17)18)29-24(16)14(4)10-19-20(25(30)13(2)3)12-33-27(32)26(19)31;1-20(2,18(21)30)26-19(31)32-16(7-8-22-9-10-23-12-27)14-3-5-15(6-4-14)25-17(29)11-24-13-28;1-7(2)9-8(11)5-6-10(3)4;5-3-1-2-4-6;3*1-2;2-1-3/h10-11,13,26,31H,6-9,12H2,1-5H3;3-6,12-13,16,22H,7-11H2,1-2H3,(H2,21,30)(H,23,27)(H,24,28)(H,25,29)(H,26,31);7H,5-6H2,1-4H3,(H,9,11);1-4H;3*1-2H3;1H,(H,2,3)/b14-10+;;;2-1-;;;;. The molecule has 1 aromatic heterocycles.